The van der Waals surface area contributed by atoms with Gasteiger partial charge in [-0.1, -0.05) is 15.9 Å². The summed E-state index contributed by atoms with van der Waals surface area (Å²) >= 11 is 3.39. The summed E-state index contributed by atoms with van der Waals surface area (Å²) in [5.41, 5.74) is 0.782. The number of hydrogen-bond donors (Lipinski definition) is 3. The van der Waals surface area contributed by atoms with Crippen LogP contribution in [0.25, 0.3) is 0 Å². The van der Waals surface area contributed by atoms with Crippen molar-refractivity contribution in [2.75, 3.05) is 19.6 Å². The van der Waals surface area contributed by atoms with Crippen LogP contribution in [-0.4, -0.2) is 31.5 Å². The number of carbonyl (C=O) groups excluding carboxylic acids is 1. The third-order valence-corrected chi connectivity index (χ3v) is 4.20. The molecule has 134 valence electrons. The number of carbonyl (C=O) groups is 1. The first kappa shape index (κ1) is 21.1. The second-order valence-corrected chi connectivity index (χ2v) is 6.28. The SMILES string of the molecule is CCNC(=NCc1cc(F)ccc1Br)NCCNC(=O)C1CC1.I. The molecule has 0 saturated heterocycles. The molecule has 1 aromatic rings. The van der Waals surface area contributed by atoms with E-state index in [4.69, 9.17) is 0 Å². The predicted molar refractivity (Wildman–Crippen MR) is 108 cm³/mol. The summed E-state index contributed by atoms with van der Waals surface area (Å²) in [6.07, 6.45) is 2.01. The van der Waals surface area contributed by atoms with Crippen molar-refractivity contribution in [1.29, 1.82) is 0 Å². The van der Waals surface area contributed by atoms with Gasteiger partial charge in [0, 0.05) is 30.0 Å². The van der Waals surface area contributed by atoms with Crippen LogP contribution in [0.5, 0.6) is 0 Å². The number of guanidine groups is 1. The highest BCUT2D eigenvalue weighted by Gasteiger charge is 2.28. The van der Waals surface area contributed by atoms with Crippen LogP contribution in [0.2, 0.25) is 0 Å². The van der Waals surface area contributed by atoms with Crippen molar-refractivity contribution in [1.82, 2.24) is 16.0 Å². The molecule has 0 bridgehead atoms. The van der Waals surface area contributed by atoms with E-state index in [9.17, 15) is 9.18 Å². The molecule has 1 aromatic carbocycles. The van der Waals surface area contributed by atoms with Gasteiger partial charge in [-0.25, -0.2) is 9.38 Å². The van der Waals surface area contributed by atoms with E-state index >= 15 is 0 Å². The van der Waals surface area contributed by atoms with E-state index in [0.29, 0.717) is 25.6 Å². The fraction of sp³-hybridized carbons (Fsp3) is 0.500. The van der Waals surface area contributed by atoms with Crippen molar-refractivity contribution in [3.8, 4) is 0 Å². The molecular formula is C16H23BrFIN4O. The zero-order valence-electron chi connectivity index (χ0n) is 13.6. The van der Waals surface area contributed by atoms with Gasteiger partial charge in [-0.15, -0.1) is 24.0 Å². The minimum atomic E-state index is -0.279. The summed E-state index contributed by atoms with van der Waals surface area (Å²) in [4.78, 5) is 16.0. The molecule has 0 atom stereocenters. The molecule has 3 N–H and O–H groups in total. The topological polar surface area (TPSA) is 65.5 Å². The van der Waals surface area contributed by atoms with Crippen molar-refractivity contribution in [3.05, 3.63) is 34.1 Å². The summed E-state index contributed by atoms with van der Waals surface area (Å²) in [6, 6.07) is 4.55. The maximum atomic E-state index is 13.3. The van der Waals surface area contributed by atoms with Gasteiger partial charge in [-0.2, -0.15) is 0 Å². The molecule has 8 heteroatoms. The lowest BCUT2D eigenvalue weighted by Gasteiger charge is -2.12. The van der Waals surface area contributed by atoms with E-state index in [0.717, 1.165) is 29.4 Å². The maximum absolute atomic E-state index is 13.3. The van der Waals surface area contributed by atoms with Crippen LogP contribution < -0.4 is 16.0 Å². The minimum Gasteiger partial charge on any atom is -0.357 e. The highest BCUT2D eigenvalue weighted by atomic mass is 127. The molecule has 5 nitrogen and oxygen atoms in total. The number of halogens is 3. The van der Waals surface area contributed by atoms with Crippen molar-refractivity contribution in [2.24, 2.45) is 10.9 Å². The first-order chi connectivity index (χ1) is 11.1. The molecule has 0 spiro atoms. The Morgan fingerprint density at radius 3 is 2.67 bits per heavy atom. The zero-order valence-corrected chi connectivity index (χ0v) is 17.5. The van der Waals surface area contributed by atoms with Crippen LogP contribution in [0.3, 0.4) is 0 Å². The number of aliphatic imine (C=N–C) groups is 1. The molecule has 1 aliphatic carbocycles. The average Bonchev–Trinajstić information content (AvgIpc) is 3.36. The highest BCUT2D eigenvalue weighted by molar-refractivity contribution is 14.0. The Labute approximate surface area is 167 Å². The standard InChI is InChI=1S/C16H22BrFN4O.HI/c1-2-19-16(21-8-7-20-15(23)11-3-4-11)22-10-12-9-13(18)5-6-14(12)17;/h5-6,9,11H,2-4,7-8,10H2,1H3,(H,20,23)(H2,19,21,22);1H. The number of nitrogens with one attached hydrogen (secondary N) is 3. The molecular weight excluding hydrogens is 490 g/mol. The average molecular weight is 513 g/mol. The van der Waals surface area contributed by atoms with Gasteiger partial charge >= 0.3 is 0 Å². The Hall–Kier alpha value is -0.900. The second kappa shape index (κ2) is 10.9. The van der Waals surface area contributed by atoms with E-state index in [-0.39, 0.29) is 41.6 Å². The van der Waals surface area contributed by atoms with E-state index in [2.05, 4.69) is 36.9 Å². The lowest BCUT2D eigenvalue weighted by atomic mass is 10.2. The summed E-state index contributed by atoms with van der Waals surface area (Å²) in [5, 5.41) is 9.17. The molecule has 0 unspecified atom stereocenters. The number of nitrogens with zero attached hydrogens (tertiary/aromatic N) is 1. The number of benzene rings is 1. The molecule has 24 heavy (non-hydrogen) atoms. The number of rotatable bonds is 7. The van der Waals surface area contributed by atoms with Crippen molar-refractivity contribution in [2.45, 2.75) is 26.3 Å². The monoisotopic (exact) mass is 512 g/mol. The summed E-state index contributed by atoms with van der Waals surface area (Å²) in [7, 11) is 0. The molecule has 0 aromatic heterocycles. The molecule has 2 rings (SSSR count). The third-order valence-electron chi connectivity index (χ3n) is 3.42. The van der Waals surface area contributed by atoms with Gasteiger partial charge in [0.1, 0.15) is 5.82 Å². The predicted octanol–water partition coefficient (Wildman–Crippen LogP) is 2.79. The van der Waals surface area contributed by atoms with Gasteiger partial charge < -0.3 is 16.0 Å². The van der Waals surface area contributed by atoms with Crippen molar-refractivity contribution >= 4 is 51.8 Å². The molecule has 1 amide bonds. The van der Waals surface area contributed by atoms with Crippen LogP contribution in [0, 0.1) is 11.7 Å². The van der Waals surface area contributed by atoms with Crippen molar-refractivity contribution < 1.29 is 9.18 Å². The summed E-state index contributed by atoms with van der Waals surface area (Å²) in [6.45, 7) is 4.22. The van der Waals surface area contributed by atoms with Crippen LogP contribution >= 0.6 is 39.9 Å². The largest absolute Gasteiger partial charge is 0.357 e. The Morgan fingerprint density at radius 2 is 2.00 bits per heavy atom. The summed E-state index contributed by atoms with van der Waals surface area (Å²) < 4.78 is 14.1. The van der Waals surface area contributed by atoms with Crippen LogP contribution in [-0.2, 0) is 11.3 Å². The quantitative estimate of drug-likeness (QED) is 0.228. The second-order valence-electron chi connectivity index (χ2n) is 5.42. The van der Waals surface area contributed by atoms with Gasteiger partial charge in [0.05, 0.1) is 6.54 Å². The smallest absolute Gasteiger partial charge is 0.223 e. The maximum Gasteiger partial charge on any atom is 0.223 e. The van der Waals surface area contributed by atoms with Crippen molar-refractivity contribution in [3.63, 3.8) is 0 Å². The fourth-order valence-corrected chi connectivity index (χ4v) is 2.40. The molecule has 0 radical (unpaired) electrons. The third kappa shape index (κ3) is 7.33. The lowest BCUT2D eigenvalue weighted by Crippen LogP contribution is -2.41. The van der Waals surface area contributed by atoms with Gasteiger partial charge in [0.25, 0.3) is 0 Å². The molecule has 1 saturated carbocycles. The van der Waals surface area contributed by atoms with E-state index in [1.165, 1.54) is 12.1 Å². The van der Waals surface area contributed by atoms with E-state index in [1.54, 1.807) is 6.07 Å². The summed E-state index contributed by atoms with van der Waals surface area (Å²) in [5.74, 6) is 0.725. The molecule has 0 aliphatic heterocycles. The van der Waals surface area contributed by atoms with Gasteiger partial charge in [0.15, 0.2) is 5.96 Å². The van der Waals surface area contributed by atoms with E-state index in [1.807, 2.05) is 6.92 Å². The Kier molecular flexibility index (Phi) is 9.57. The number of hydrogen-bond acceptors (Lipinski definition) is 2. The van der Waals surface area contributed by atoms with Gasteiger partial charge in [0.2, 0.25) is 5.91 Å². The van der Waals surface area contributed by atoms with Gasteiger partial charge in [-0.05, 0) is 43.5 Å². The van der Waals surface area contributed by atoms with Crippen LogP contribution in [0.15, 0.2) is 27.7 Å². The molecule has 1 aliphatic rings. The number of amides is 1. The first-order valence-electron chi connectivity index (χ1n) is 7.84. The molecule has 1 fully saturated rings. The highest BCUT2D eigenvalue weighted by Crippen LogP contribution is 2.28. The fourth-order valence-electron chi connectivity index (χ4n) is 2.03. The van der Waals surface area contributed by atoms with Crippen LogP contribution in [0.4, 0.5) is 4.39 Å². The Bertz CT molecular complexity index is 581. The Morgan fingerprint density at radius 1 is 1.29 bits per heavy atom. The Balaban J connectivity index is 0.00000288. The van der Waals surface area contributed by atoms with Gasteiger partial charge in [-0.3, -0.25) is 4.79 Å². The minimum absolute atomic E-state index is 0. The molecule has 0 heterocycles. The zero-order chi connectivity index (χ0) is 16.7. The normalized spacial score (nSPS) is 13.9. The van der Waals surface area contributed by atoms with Crippen LogP contribution in [0.1, 0.15) is 25.3 Å². The first-order valence-corrected chi connectivity index (χ1v) is 8.63. The van der Waals surface area contributed by atoms with E-state index < -0.39 is 0 Å². The lowest BCUT2D eigenvalue weighted by molar-refractivity contribution is -0.122.